The number of piperidine rings is 1. The third-order valence-electron chi connectivity index (χ3n) is 6.93. The topological polar surface area (TPSA) is 68.1 Å². The Hall–Kier alpha value is -4.00. The van der Waals surface area contributed by atoms with E-state index >= 15 is 0 Å². The number of anilines is 1. The zero-order valence-electron chi connectivity index (χ0n) is 19.7. The standard InChI is InChI=1S/C28H28N4O3/c1-34-23-8-4-6-20(17-23)26-24-9-2-3-14-32(24)27(30-26)21-7-5-13-31(18-21)28(33)29-22-10-11-25-19(16-22)12-15-35-25/h2-4,6,8-11,14,16-17,21H,5,7,12-13,15,18H2,1H3,(H,29,33). The summed E-state index contributed by atoms with van der Waals surface area (Å²) in [5.74, 6) is 2.86. The van der Waals surface area contributed by atoms with Gasteiger partial charge in [0.15, 0.2) is 0 Å². The number of methoxy groups -OCH3 is 1. The van der Waals surface area contributed by atoms with Crippen LogP contribution in [0.15, 0.2) is 66.9 Å². The zero-order chi connectivity index (χ0) is 23.8. The average Bonchev–Trinajstić information content (AvgIpc) is 3.53. The molecule has 2 aromatic carbocycles. The number of nitrogens with one attached hydrogen (secondary N) is 1. The van der Waals surface area contributed by atoms with E-state index in [1.165, 1.54) is 0 Å². The highest BCUT2D eigenvalue weighted by Crippen LogP contribution is 2.34. The van der Waals surface area contributed by atoms with E-state index in [2.05, 4.69) is 28.0 Å². The highest BCUT2D eigenvalue weighted by atomic mass is 16.5. The lowest BCUT2D eigenvalue weighted by Gasteiger charge is -2.32. The Morgan fingerprint density at radius 1 is 1.14 bits per heavy atom. The lowest BCUT2D eigenvalue weighted by atomic mass is 9.97. The molecule has 7 heteroatoms. The summed E-state index contributed by atoms with van der Waals surface area (Å²) in [6.45, 7) is 2.07. The second kappa shape index (κ2) is 8.98. The molecule has 0 spiro atoms. The Morgan fingerprint density at radius 2 is 2.09 bits per heavy atom. The minimum absolute atomic E-state index is 0.0672. The first-order valence-electron chi connectivity index (χ1n) is 12.1. The van der Waals surface area contributed by atoms with Crippen LogP contribution in [-0.4, -0.2) is 47.1 Å². The number of likely N-dealkylation sites (tertiary alicyclic amines) is 1. The van der Waals surface area contributed by atoms with Crippen molar-refractivity contribution in [3.63, 3.8) is 0 Å². The van der Waals surface area contributed by atoms with Gasteiger partial charge in [0.1, 0.15) is 17.3 Å². The van der Waals surface area contributed by atoms with Gasteiger partial charge in [0.25, 0.3) is 0 Å². The molecule has 1 saturated heterocycles. The molecule has 7 nitrogen and oxygen atoms in total. The predicted octanol–water partition coefficient (Wildman–Crippen LogP) is 5.36. The SMILES string of the molecule is COc1cccc(-c2nc(C3CCCN(C(=O)Nc4ccc5c(c4)CCO5)C3)n3ccccc23)c1. The summed E-state index contributed by atoms with van der Waals surface area (Å²) in [5, 5.41) is 3.08. The van der Waals surface area contributed by atoms with Crippen molar-refractivity contribution in [2.75, 3.05) is 32.1 Å². The van der Waals surface area contributed by atoms with Crippen LogP contribution in [0.5, 0.6) is 11.5 Å². The van der Waals surface area contributed by atoms with Crippen LogP contribution in [0.2, 0.25) is 0 Å². The first-order valence-corrected chi connectivity index (χ1v) is 12.1. The normalized spacial score (nSPS) is 17.2. The van der Waals surface area contributed by atoms with Gasteiger partial charge in [-0.2, -0.15) is 0 Å². The van der Waals surface area contributed by atoms with Gasteiger partial charge in [-0.25, -0.2) is 9.78 Å². The van der Waals surface area contributed by atoms with Crippen LogP contribution >= 0.6 is 0 Å². The van der Waals surface area contributed by atoms with E-state index in [1.54, 1.807) is 7.11 Å². The third-order valence-corrected chi connectivity index (χ3v) is 6.93. The maximum atomic E-state index is 13.1. The number of fused-ring (bicyclic) bond motifs is 2. The molecule has 2 aliphatic rings. The molecule has 2 aliphatic heterocycles. The van der Waals surface area contributed by atoms with Gasteiger partial charge < -0.3 is 24.1 Å². The van der Waals surface area contributed by atoms with Gasteiger partial charge in [-0.15, -0.1) is 0 Å². The number of imidazole rings is 1. The van der Waals surface area contributed by atoms with Crippen LogP contribution in [-0.2, 0) is 6.42 Å². The number of pyridine rings is 1. The summed E-state index contributed by atoms with van der Waals surface area (Å²) in [5.41, 5.74) is 4.96. The van der Waals surface area contributed by atoms with Gasteiger partial charge in [-0.1, -0.05) is 18.2 Å². The largest absolute Gasteiger partial charge is 0.497 e. The number of benzene rings is 2. The van der Waals surface area contributed by atoms with E-state index in [4.69, 9.17) is 14.5 Å². The molecule has 0 radical (unpaired) electrons. The van der Waals surface area contributed by atoms with Crippen LogP contribution in [0.3, 0.4) is 0 Å². The first-order chi connectivity index (χ1) is 17.2. The maximum absolute atomic E-state index is 13.1. The molecule has 1 fully saturated rings. The zero-order valence-corrected chi connectivity index (χ0v) is 19.7. The molecule has 4 heterocycles. The van der Waals surface area contributed by atoms with Crippen molar-refractivity contribution >= 4 is 17.2 Å². The molecule has 35 heavy (non-hydrogen) atoms. The smallest absolute Gasteiger partial charge is 0.321 e. The summed E-state index contributed by atoms with van der Waals surface area (Å²) in [4.78, 5) is 20.2. The van der Waals surface area contributed by atoms with Crippen LogP contribution in [0.25, 0.3) is 16.8 Å². The van der Waals surface area contributed by atoms with Crippen LogP contribution in [0.4, 0.5) is 10.5 Å². The molecule has 178 valence electrons. The minimum atomic E-state index is -0.0672. The highest BCUT2D eigenvalue weighted by molar-refractivity contribution is 5.89. The molecule has 4 aromatic rings. The lowest BCUT2D eigenvalue weighted by molar-refractivity contribution is 0.191. The number of hydrogen-bond acceptors (Lipinski definition) is 4. The van der Waals surface area contributed by atoms with E-state index in [-0.39, 0.29) is 11.9 Å². The molecule has 0 bridgehead atoms. The monoisotopic (exact) mass is 468 g/mol. The number of nitrogens with zero attached hydrogens (tertiary/aromatic N) is 3. The van der Waals surface area contributed by atoms with Gasteiger partial charge >= 0.3 is 6.03 Å². The molecule has 0 aliphatic carbocycles. The van der Waals surface area contributed by atoms with Gasteiger partial charge in [0.2, 0.25) is 0 Å². The van der Waals surface area contributed by atoms with Gasteiger partial charge in [0.05, 0.1) is 24.9 Å². The van der Waals surface area contributed by atoms with Gasteiger partial charge in [0, 0.05) is 42.9 Å². The fourth-order valence-electron chi connectivity index (χ4n) is 5.17. The summed E-state index contributed by atoms with van der Waals surface area (Å²) in [6.07, 6.45) is 4.87. The van der Waals surface area contributed by atoms with Gasteiger partial charge in [-0.05, 0) is 60.9 Å². The number of ether oxygens (including phenoxy) is 2. The Morgan fingerprint density at radius 3 is 3.00 bits per heavy atom. The Balaban J connectivity index is 1.26. The molecule has 1 N–H and O–H groups in total. The fraction of sp³-hybridized carbons (Fsp3) is 0.286. The number of amides is 2. The Bertz CT molecular complexity index is 1400. The van der Waals surface area contributed by atoms with Crippen molar-refractivity contribution in [1.82, 2.24) is 14.3 Å². The molecule has 6 rings (SSSR count). The molecule has 1 atom stereocenters. The van der Waals surface area contributed by atoms with Crippen LogP contribution in [0.1, 0.15) is 30.1 Å². The van der Waals surface area contributed by atoms with E-state index in [1.807, 2.05) is 53.4 Å². The third kappa shape index (κ3) is 4.07. The number of aromatic nitrogens is 2. The van der Waals surface area contributed by atoms with E-state index in [0.29, 0.717) is 13.2 Å². The Kier molecular flexibility index (Phi) is 5.52. The van der Waals surface area contributed by atoms with E-state index in [0.717, 1.165) is 71.2 Å². The lowest BCUT2D eigenvalue weighted by Crippen LogP contribution is -2.42. The van der Waals surface area contributed by atoms with E-state index < -0.39 is 0 Å². The average molecular weight is 469 g/mol. The van der Waals surface area contributed by atoms with Crippen LogP contribution < -0.4 is 14.8 Å². The second-order valence-electron chi connectivity index (χ2n) is 9.14. The molecule has 2 amide bonds. The second-order valence-corrected chi connectivity index (χ2v) is 9.14. The van der Waals surface area contributed by atoms with Crippen molar-refractivity contribution in [3.05, 3.63) is 78.2 Å². The minimum Gasteiger partial charge on any atom is -0.497 e. The summed E-state index contributed by atoms with van der Waals surface area (Å²) < 4.78 is 13.2. The summed E-state index contributed by atoms with van der Waals surface area (Å²) in [7, 11) is 1.67. The number of carbonyl (C=O) groups excluding carboxylic acids is 1. The van der Waals surface area contributed by atoms with Crippen molar-refractivity contribution < 1.29 is 14.3 Å². The predicted molar refractivity (Wildman–Crippen MR) is 135 cm³/mol. The number of carbonyl (C=O) groups is 1. The highest BCUT2D eigenvalue weighted by Gasteiger charge is 2.29. The molecular formula is C28H28N4O3. The van der Waals surface area contributed by atoms with Crippen molar-refractivity contribution in [3.8, 4) is 22.8 Å². The summed E-state index contributed by atoms with van der Waals surface area (Å²) >= 11 is 0. The molecule has 1 unspecified atom stereocenters. The van der Waals surface area contributed by atoms with Crippen LogP contribution in [0, 0.1) is 0 Å². The quantitative estimate of drug-likeness (QED) is 0.438. The molecule has 2 aromatic heterocycles. The fourth-order valence-corrected chi connectivity index (χ4v) is 5.17. The number of urea groups is 1. The van der Waals surface area contributed by atoms with Gasteiger partial charge in [-0.3, -0.25) is 0 Å². The van der Waals surface area contributed by atoms with Crippen molar-refractivity contribution in [2.45, 2.75) is 25.2 Å². The molecule has 0 saturated carbocycles. The number of hydrogen-bond donors (Lipinski definition) is 1. The van der Waals surface area contributed by atoms with Crippen molar-refractivity contribution in [2.24, 2.45) is 0 Å². The number of rotatable bonds is 4. The Labute approximate surface area is 204 Å². The summed E-state index contributed by atoms with van der Waals surface area (Å²) in [6, 6.07) is 20.0. The van der Waals surface area contributed by atoms with Crippen molar-refractivity contribution in [1.29, 1.82) is 0 Å². The first kappa shape index (κ1) is 21.5. The van der Waals surface area contributed by atoms with E-state index in [9.17, 15) is 4.79 Å². The molecular weight excluding hydrogens is 440 g/mol. The maximum Gasteiger partial charge on any atom is 0.321 e.